The Morgan fingerprint density at radius 2 is 1.43 bits per heavy atom. The van der Waals surface area contributed by atoms with Crippen molar-refractivity contribution in [1.82, 2.24) is 4.90 Å². The average Bonchev–Trinajstić information content (AvgIpc) is 2.77. The van der Waals surface area contributed by atoms with E-state index in [0.717, 1.165) is 32.3 Å². The Kier molecular flexibility index (Phi) is 4.71. The Morgan fingerprint density at radius 3 is 2.07 bits per heavy atom. The lowest BCUT2D eigenvalue weighted by atomic mass is 9.94. The molecule has 0 saturated carbocycles. The van der Waals surface area contributed by atoms with Gasteiger partial charge in [-0.2, -0.15) is 0 Å². The van der Waals surface area contributed by atoms with Crippen molar-refractivity contribution in [2.45, 2.75) is 28.8 Å². The minimum atomic E-state index is -0.965. The van der Waals surface area contributed by atoms with E-state index in [9.17, 15) is 14.7 Å². The topological polar surface area (TPSA) is 60.9 Å². The smallest absolute Gasteiger partial charge is 0.326 e. The van der Waals surface area contributed by atoms with Gasteiger partial charge in [-0.15, -0.1) is 0 Å². The minimum absolute atomic E-state index is 0.0978. The van der Waals surface area contributed by atoms with Crippen molar-refractivity contribution in [3.8, 4) is 0 Å². The van der Waals surface area contributed by atoms with Gasteiger partial charge in [0.15, 0.2) is 0 Å². The second-order valence-corrected chi connectivity index (χ2v) is 8.56. The number of carboxylic acid groups (broad SMARTS) is 1. The number of aliphatic carboxylic acids is 1. The third-order valence-electron chi connectivity index (χ3n) is 5.68. The molecule has 0 unspecified atom stereocenters. The fourth-order valence-electron chi connectivity index (χ4n) is 4.18. The fraction of sp³-hybridized carbons (Fsp3) is 0.167. The number of carbonyl (C=O) groups is 2. The lowest BCUT2D eigenvalue weighted by molar-refractivity contribution is -0.150. The number of fused-ring (bicyclic) bond motifs is 3. The number of hydrogen-bond donors (Lipinski definition) is 1. The summed E-state index contributed by atoms with van der Waals surface area (Å²) in [4.78, 5) is 31.1. The largest absolute Gasteiger partial charge is 0.480 e. The average molecular weight is 417 g/mol. The van der Waals surface area contributed by atoms with Crippen LogP contribution in [0.3, 0.4) is 0 Å². The first kappa shape index (κ1) is 18.8. The van der Waals surface area contributed by atoms with Crippen LogP contribution < -0.4 is 4.90 Å². The van der Waals surface area contributed by atoms with E-state index in [1.54, 1.807) is 11.8 Å². The van der Waals surface area contributed by atoms with Crippen LogP contribution in [0.1, 0.15) is 11.1 Å². The number of carbonyl (C=O) groups excluding carboxylic acids is 1. The van der Waals surface area contributed by atoms with Crippen molar-refractivity contribution in [1.29, 1.82) is 0 Å². The van der Waals surface area contributed by atoms with Gasteiger partial charge in [-0.05, 0) is 35.4 Å². The van der Waals surface area contributed by atoms with Gasteiger partial charge in [0.05, 0.1) is 11.4 Å². The van der Waals surface area contributed by atoms with E-state index in [0.29, 0.717) is 13.0 Å². The summed E-state index contributed by atoms with van der Waals surface area (Å²) >= 11 is 1.68. The van der Waals surface area contributed by atoms with Crippen LogP contribution in [-0.2, 0) is 22.6 Å². The van der Waals surface area contributed by atoms with Crippen LogP contribution in [0.4, 0.5) is 11.4 Å². The summed E-state index contributed by atoms with van der Waals surface area (Å²) in [6.45, 7) is 0.415. The Morgan fingerprint density at radius 1 is 0.867 bits per heavy atom. The third-order valence-corrected chi connectivity index (χ3v) is 6.81. The number of para-hydroxylation sites is 2. The summed E-state index contributed by atoms with van der Waals surface area (Å²) in [5.74, 6) is -1.15. The molecule has 5 nitrogen and oxygen atoms in total. The Balaban J connectivity index is 1.49. The zero-order valence-electron chi connectivity index (χ0n) is 16.2. The highest BCUT2D eigenvalue weighted by molar-refractivity contribution is 7.99. The summed E-state index contributed by atoms with van der Waals surface area (Å²) in [6.07, 6.45) is 0.334. The molecule has 6 heteroatoms. The summed E-state index contributed by atoms with van der Waals surface area (Å²) < 4.78 is 0. The number of rotatable bonds is 3. The number of amides is 1. The molecule has 0 aromatic heterocycles. The van der Waals surface area contributed by atoms with E-state index in [-0.39, 0.29) is 12.5 Å². The van der Waals surface area contributed by atoms with E-state index in [1.165, 1.54) is 4.90 Å². The fourth-order valence-corrected chi connectivity index (χ4v) is 5.28. The van der Waals surface area contributed by atoms with Crippen LogP contribution in [-0.4, -0.2) is 34.5 Å². The maximum absolute atomic E-state index is 13.4. The van der Waals surface area contributed by atoms with Gasteiger partial charge in [-0.3, -0.25) is 4.79 Å². The van der Waals surface area contributed by atoms with E-state index in [2.05, 4.69) is 0 Å². The highest BCUT2D eigenvalue weighted by Crippen LogP contribution is 2.47. The second kappa shape index (κ2) is 7.54. The summed E-state index contributed by atoms with van der Waals surface area (Å²) in [5, 5.41) is 9.79. The molecule has 2 aliphatic heterocycles. The number of carboxylic acids is 1. The van der Waals surface area contributed by atoms with E-state index < -0.39 is 12.0 Å². The van der Waals surface area contributed by atoms with Gasteiger partial charge in [0, 0.05) is 22.8 Å². The molecule has 1 amide bonds. The van der Waals surface area contributed by atoms with E-state index in [4.69, 9.17) is 0 Å². The Hall–Kier alpha value is -3.25. The Bertz CT molecular complexity index is 1100. The molecule has 0 bridgehead atoms. The standard InChI is InChI=1S/C24H20N2O3S/c27-23(26-14-17-8-2-1-7-16(17)13-20(26)24(28)29)15-25-18-9-3-5-11-21(18)30-22-12-6-4-10-19(22)25/h1-12,20H,13-15H2,(H,28,29)/t20-/m0/s1. The molecule has 3 aromatic carbocycles. The van der Waals surface area contributed by atoms with E-state index >= 15 is 0 Å². The highest BCUT2D eigenvalue weighted by Gasteiger charge is 2.36. The lowest BCUT2D eigenvalue weighted by Gasteiger charge is -2.38. The first-order valence-corrected chi connectivity index (χ1v) is 10.7. The molecule has 5 rings (SSSR count). The van der Waals surface area contributed by atoms with Crippen LogP contribution >= 0.6 is 11.8 Å². The molecule has 0 radical (unpaired) electrons. The predicted octanol–water partition coefficient (Wildman–Crippen LogP) is 4.33. The zero-order chi connectivity index (χ0) is 20.7. The Labute approximate surface area is 178 Å². The van der Waals surface area contributed by atoms with Crippen molar-refractivity contribution in [3.05, 3.63) is 83.9 Å². The second-order valence-electron chi connectivity index (χ2n) is 7.47. The van der Waals surface area contributed by atoms with Gasteiger partial charge in [0.2, 0.25) is 5.91 Å². The number of nitrogens with zero attached hydrogens (tertiary/aromatic N) is 2. The van der Waals surface area contributed by atoms with Gasteiger partial charge in [-0.1, -0.05) is 60.3 Å². The lowest BCUT2D eigenvalue weighted by Crippen LogP contribution is -2.51. The van der Waals surface area contributed by atoms with Crippen molar-refractivity contribution < 1.29 is 14.7 Å². The molecular formula is C24H20N2O3S. The monoisotopic (exact) mass is 416 g/mol. The van der Waals surface area contributed by atoms with Crippen molar-refractivity contribution in [3.63, 3.8) is 0 Å². The van der Waals surface area contributed by atoms with Crippen LogP contribution in [0.15, 0.2) is 82.6 Å². The number of hydrogen-bond acceptors (Lipinski definition) is 4. The summed E-state index contributed by atoms with van der Waals surface area (Å²) in [7, 11) is 0. The molecular weight excluding hydrogens is 396 g/mol. The third kappa shape index (κ3) is 3.23. The quantitative estimate of drug-likeness (QED) is 0.689. The first-order valence-electron chi connectivity index (χ1n) is 9.84. The number of anilines is 2. The van der Waals surface area contributed by atoms with Crippen LogP contribution in [0.25, 0.3) is 0 Å². The molecule has 1 atom stereocenters. The van der Waals surface area contributed by atoms with Crippen molar-refractivity contribution in [2.75, 3.05) is 11.4 Å². The molecule has 150 valence electrons. The molecule has 3 aromatic rings. The first-order chi connectivity index (χ1) is 14.6. The maximum Gasteiger partial charge on any atom is 0.326 e. The SMILES string of the molecule is O=C(O)[C@@H]1Cc2ccccc2CN1C(=O)CN1c2ccccc2Sc2ccccc21. The van der Waals surface area contributed by atoms with Gasteiger partial charge in [0.25, 0.3) is 0 Å². The van der Waals surface area contributed by atoms with Crippen molar-refractivity contribution >= 4 is 35.0 Å². The molecule has 1 N–H and O–H groups in total. The summed E-state index contributed by atoms with van der Waals surface area (Å²) in [5.41, 5.74) is 3.95. The number of benzene rings is 3. The van der Waals surface area contributed by atoms with Gasteiger partial charge in [0.1, 0.15) is 12.6 Å². The molecule has 30 heavy (non-hydrogen) atoms. The maximum atomic E-state index is 13.4. The van der Waals surface area contributed by atoms with Gasteiger partial charge < -0.3 is 14.9 Å². The molecule has 0 spiro atoms. The van der Waals surface area contributed by atoms with Gasteiger partial charge in [-0.25, -0.2) is 4.79 Å². The van der Waals surface area contributed by atoms with Crippen LogP contribution in [0, 0.1) is 0 Å². The zero-order valence-corrected chi connectivity index (χ0v) is 17.0. The molecule has 0 saturated heterocycles. The molecule has 2 heterocycles. The predicted molar refractivity (Wildman–Crippen MR) is 116 cm³/mol. The molecule has 0 fully saturated rings. The van der Waals surface area contributed by atoms with Crippen LogP contribution in [0.5, 0.6) is 0 Å². The normalized spacial score (nSPS) is 17.0. The molecule has 0 aliphatic carbocycles. The molecule has 2 aliphatic rings. The van der Waals surface area contributed by atoms with Crippen LogP contribution in [0.2, 0.25) is 0 Å². The highest BCUT2D eigenvalue weighted by atomic mass is 32.2. The van der Waals surface area contributed by atoms with E-state index in [1.807, 2.05) is 77.7 Å². The minimum Gasteiger partial charge on any atom is -0.480 e. The van der Waals surface area contributed by atoms with Crippen molar-refractivity contribution in [2.24, 2.45) is 0 Å². The summed E-state index contributed by atoms with van der Waals surface area (Å²) in [6, 6.07) is 22.9. The van der Waals surface area contributed by atoms with Gasteiger partial charge >= 0.3 is 5.97 Å².